The molecule has 2 aromatic carbocycles. The van der Waals surface area contributed by atoms with Gasteiger partial charge in [-0.3, -0.25) is 4.79 Å². The lowest BCUT2D eigenvalue weighted by Gasteiger charge is -2.21. The summed E-state index contributed by atoms with van der Waals surface area (Å²) in [7, 11) is 0. The summed E-state index contributed by atoms with van der Waals surface area (Å²) < 4.78 is 0. The third kappa shape index (κ3) is 4.64. The van der Waals surface area contributed by atoms with Crippen molar-refractivity contribution in [1.82, 2.24) is 0 Å². The van der Waals surface area contributed by atoms with E-state index in [0.29, 0.717) is 11.8 Å². The minimum absolute atomic E-state index is 0.0545. The highest BCUT2D eigenvalue weighted by Gasteiger charge is 2.19. The molecule has 2 rings (SSSR count). The molecule has 0 saturated heterocycles. The quantitative estimate of drug-likeness (QED) is 0.648. The van der Waals surface area contributed by atoms with Crippen LogP contribution in [0.15, 0.2) is 53.4 Å². The SMILES string of the molecule is CC(C)c1cccc(C(C)C)c1NC(=O)[C@H](C)Sc1ccccc1. The van der Waals surface area contributed by atoms with Crippen LogP contribution in [0.3, 0.4) is 0 Å². The van der Waals surface area contributed by atoms with Crippen LogP contribution < -0.4 is 5.32 Å². The van der Waals surface area contributed by atoms with Gasteiger partial charge in [0.25, 0.3) is 0 Å². The van der Waals surface area contributed by atoms with Crippen LogP contribution in [0.1, 0.15) is 57.6 Å². The number of hydrogen-bond acceptors (Lipinski definition) is 2. The largest absolute Gasteiger partial charge is 0.325 e. The van der Waals surface area contributed by atoms with Gasteiger partial charge < -0.3 is 5.32 Å². The third-order valence-electron chi connectivity index (χ3n) is 4.05. The van der Waals surface area contributed by atoms with Gasteiger partial charge >= 0.3 is 0 Å². The van der Waals surface area contributed by atoms with E-state index in [0.717, 1.165) is 10.6 Å². The first-order valence-corrected chi connectivity index (χ1v) is 9.43. The van der Waals surface area contributed by atoms with E-state index >= 15 is 0 Å². The van der Waals surface area contributed by atoms with Gasteiger partial charge in [0.05, 0.1) is 5.25 Å². The van der Waals surface area contributed by atoms with Crippen molar-refractivity contribution < 1.29 is 4.79 Å². The first-order valence-electron chi connectivity index (χ1n) is 8.55. The molecule has 0 saturated carbocycles. The zero-order valence-corrected chi connectivity index (χ0v) is 16.0. The van der Waals surface area contributed by atoms with Gasteiger partial charge in [-0.05, 0) is 42.0 Å². The van der Waals surface area contributed by atoms with E-state index in [1.54, 1.807) is 11.8 Å². The molecular formula is C21H27NOS. The van der Waals surface area contributed by atoms with E-state index in [9.17, 15) is 4.79 Å². The van der Waals surface area contributed by atoms with E-state index in [2.05, 4.69) is 51.2 Å². The standard InChI is InChI=1S/C21H27NOS/c1-14(2)18-12-9-13-19(15(3)4)20(18)22-21(23)16(5)24-17-10-7-6-8-11-17/h6-16H,1-5H3,(H,22,23)/t16-/m0/s1. The Morgan fingerprint density at radius 1 is 0.833 bits per heavy atom. The first-order chi connectivity index (χ1) is 11.4. The van der Waals surface area contributed by atoms with Crippen molar-refractivity contribution in [1.29, 1.82) is 0 Å². The lowest BCUT2D eigenvalue weighted by Crippen LogP contribution is -2.24. The summed E-state index contributed by atoms with van der Waals surface area (Å²) in [6, 6.07) is 16.4. The van der Waals surface area contributed by atoms with Crippen molar-refractivity contribution >= 4 is 23.4 Å². The Morgan fingerprint density at radius 2 is 1.38 bits per heavy atom. The highest BCUT2D eigenvalue weighted by atomic mass is 32.2. The van der Waals surface area contributed by atoms with Crippen LogP contribution in [0.25, 0.3) is 0 Å². The van der Waals surface area contributed by atoms with Crippen LogP contribution in [0.5, 0.6) is 0 Å². The Bertz CT molecular complexity index is 653. The van der Waals surface area contributed by atoms with Crippen molar-refractivity contribution in [3.05, 3.63) is 59.7 Å². The monoisotopic (exact) mass is 341 g/mol. The zero-order valence-electron chi connectivity index (χ0n) is 15.2. The highest BCUT2D eigenvalue weighted by Crippen LogP contribution is 2.33. The first kappa shape index (κ1) is 18.6. The second-order valence-electron chi connectivity index (χ2n) is 6.68. The number of thioether (sulfide) groups is 1. The fourth-order valence-electron chi connectivity index (χ4n) is 2.68. The van der Waals surface area contributed by atoms with E-state index in [1.165, 1.54) is 11.1 Å². The molecule has 0 spiro atoms. The molecule has 2 aromatic rings. The maximum atomic E-state index is 12.7. The van der Waals surface area contributed by atoms with E-state index in [-0.39, 0.29) is 11.2 Å². The summed E-state index contributed by atoms with van der Waals surface area (Å²) in [5.41, 5.74) is 3.39. The second-order valence-corrected chi connectivity index (χ2v) is 8.10. The number of nitrogens with one attached hydrogen (secondary N) is 1. The second kappa shape index (κ2) is 8.39. The molecule has 0 unspecified atom stereocenters. The maximum Gasteiger partial charge on any atom is 0.237 e. The summed E-state index contributed by atoms with van der Waals surface area (Å²) in [4.78, 5) is 13.8. The van der Waals surface area contributed by atoms with Crippen molar-refractivity contribution in [3.8, 4) is 0 Å². The number of anilines is 1. The van der Waals surface area contributed by atoms with Crippen molar-refractivity contribution in [3.63, 3.8) is 0 Å². The molecule has 3 heteroatoms. The summed E-state index contributed by atoms with van der Waals surface area (Å²) in [5.74, 6) is 0.797. The topological polar surface area (TPSA) is 29.1 Å². The van der Waals surface area contributed by atoms with Crippen molar-refractivity contribution in [2.75, 3.05) is 5.32 Å². The van der Waals surface area contributed by atoms with Gasteiger partial charge in [0.1, 0.15) is 0 Å². The molecule has 1 N–H and O–H groups in total. The fraction of sp³-hybridized carbons (Fsp3) is 0.381. The Hall–Kier alpha value is -1.74. The Kier molecular flexibility index (Phi) is 6.50. The average molecular weight is 342 g/mol. The summed E-state index contributed by atoms with van der Waals surface area (Å²) in [6.07, 6.45) is 0. The number of carbonyl (C=O) groups is 1. The van der Waals surface area contributed by atoms with Gasteiger partial charge in [-0.15, -0.1) is 11.8 Å². The summed E-state index contributed by atoms with van der Waals surface area (Å²) in [6.45, 7) is 10.6. The van der Waals surface area contributed by atoms with E-state index in [4.69, 9.17) is 0 Å². The third-order valence-corrected chi connectivity index (χ3v) is 5.16. The molecule has 0 fully saturated rings. The van der Waals surface area contributed by atoms with Crippen LogP contribution in [0.4, 0.5) is 5.69 Å². The van der Waals surface area contributed by atoms with Gasteiger partial charge in [0.15, 0.2) is 0 Å². The molecule has 0 heterocycles. The molecule has 0 aromatic heterocycles. The molecule has 2 nitrogen and oxygen atoms in total. The normalized spacial score (nSPS) is 12.5. The van der Waals surface area contributed by atoms with Gasteiger partial charge in [-0.1, -0.05) is 64.1 Å². The number of para-hydroxylation sites is 1. The van der Waals surface area contributed by atoms with Crippen LogP contribution in [0.2, 0.25) is 0 Å². The average Bonchev–Trinajstić information content (AvgIpc) is 2.55. The van der Waals surface area contributed by atoms with E-state index < -0.39 is 0 Å². The van der Waals surface area contributed by atoms with Gasteiger partial charge in [-0.2, -0.15) is 0 Å². The number of benzene rings is 2. The van der Waals surface area contributed by atoms with Crippen LogP contribution in [0, 0.1) is 0 Å². The van der Waals surface area contributed by atoms with Gasteiger partial charge in [-0.25, -0.2) is 0 Å². The molecule has 128 valence electrons. The zero-order chi connectivity index (χ0) is 17.7. The number of rotatable bonds is 6. The summed E-state index contributed by atoms with van der Waals surface area (Å²) >= 11 is 1.59. The Balaban J connectivity index is 2.21. The molecular weight excluding hydrogens is 314 g/mol. The van der Waals surface area contributed by atoms with Gasteiger partial charge in [0, 0.05) is 10.6 Å². The minimum Gasteiger partial charge on any atom is -0.325 e. The Morgan fingerprint density at radius 3 is 1.88 bits per heavy atom. The number of carbonyl (C=O) groups excluding carboxylic acids is 1. The minimum atomic E-state index is -0.146. The number of hydrogen-bond donors (Lipinski definition) is 1. The molecule has 24 heavy (non-hydrogen) atoms. The van der Waals surface area contributed by atoms with Crippen LogP contribution in [-0.2, 0) is 4.79 Å². The smallest absolute Gasteiger partial charge is 0.237 e. The van der Waals surface area contributed by atoms with Gasteiger partial charge in [0.2, 0.25) is 5.91 Å². The lowest BCUT2D eigenvalue weighted by molar-refractivity contribution is -0.115. The van der Waals surface area contributed by atoms with Crippen LogP contribution >= 0.6 is 11.8 Å². The lowest BCUT2D eigenvalue weighted by atomic mass is 9.92. The van der Waals surface area contributed by atoms with Crippen molar-refractivity contribution in [2.24, 2.45) is 0 Å². The summed E-state index contributed by atoms with van der Waals surface area (Å²) in [5, 5.41) is 3.06. The van der Waals surface area contributed by atoms with Crippen LogP contribution in [-0.4, -0.2) is 11.2 Å². The highest BCUT2D eigenvalue weighted by molar-refractivity contribution is 8.00. The fourth-order valence-corrected chi connectivity index (χ4v) is 3.57. The predicted octanol–water partition coefficient (Wildman–Crippen LogP) is 6.05. The molecule has 0 aliphatic heterocycles. The molecule has 1 amide bonds. The molecule has 0 aliphatic rings. The molecule has 0 bridgehead atoms. The number of amides is 1. The van der Waals surface area contributed by atoms with E-state index in [1.807, 2.05) is 37.3 Å². The molecule has 0 radical (unpaired) electrons. The molecule has 1 atom stereocenters. The maximum absolute atomic E-state index is 12.7. The Labute approximate surface area is 150 Å². The predicted molar refractivity (Wildman–Crippen MR) is 105 cm³/mol. The van der Waals surface area contributed by atoms with Crippen molar-refractivity contribution in [2.45, 2.75) is 56.6 Å². The molecule has 0 aliphatic carbocycles.